The highest BCUT2D eigenvalue weighted by Crippen LogP contribution is 2.35. The molecule has 0 bridgehead atoms. The van der Waals surface area contributed by atoms with Crippen molar-refractivity contribution >= 4 is 29.2 Å². The first-order chi connectivity index (χ1) is 11.2. The van der Waals surface area contributed by atoms with Gasteiger partial charge in [-0.2, -0.15) is 5.10 Å². The lowest BCUT2D eigenvalue weighted by Gasteiger charge is -2.15. The van der Waals surface area contributed by atoms with Gasteiger partial charge >= 0.3 is 11.5 Å². The molecule has 0 unspecified atom stereocenters. The first-order valence-corrected chi connectivity index (χ1v) is 7.88. The summed E-state index contributed by atoms with van der Waals surface area (Å²) in [4.78, 5) is 24.3. The van der Waals surface area contributed by atoms with Crippen molar-refractivity contribution in [2.45, 2.75) is 20.8 Å². The molecule has 0 fully saturated rings. The second-order valence-electron chi connectivity index (χ2n) is 5.43. The predicted molar refractivity (Wildman–Crippen MR) is 91.2 cm³/mol. The van der Waals surface area contributed by atoms with Gasteiger partial charge in [0.15, 0.2) is 0 Å². The number of aromatic nitrogens is 2. The second kappa shape index (κ2) is 7.23. The SMILES string of the molecule is Cc1nn(C)c(=O)c(Oc2ccc(Cl)cc2Cl)c1OC(=O)C(C)C. The smallest absolute Gasteiger partial charge is 0.313 e. The van der Waals surface area contributed by atoms with E-state index >= 15 is 0 Å². The van der Waals surface area contributed by atoms with Crippen LogP contribution < -0.4 is 15.0 Å². The van der Waals surface area contributed by atoms with E-state index in [9.17, 15) is 9.59 Å². The third-order valence-electron chi connectivity index (χ3n) is 3.10. The molecule has 0 aliphatic carbocycles. The van der Waals surface area contributed by atoms with E-state index in [-0.39, 0.29) is 28.2 Å². The Hall–Kier alpha value is -2.05. The summed E-state index contributed by atoms with van der Waals surface area (Å²) >= 11 is 11.9. The molecular formula is C16H16Cl2N2O4. The van der Waals surface area contributed by atoms with Gasteiger partial charge in [-0.3, -0.25) is 9.59 Å². The fraction of sp³-hybridized carbons (Fsp3) is 0.312. The number of halogens is 2. The van der Waals surface area contributed by atoms with Gasteiger partial charge in [0.1, 0.15) is 11.4 Å². The van der Waals surface area contributed by atoms with E-state index in [1.807, 2.05) is 0 Å². The van der Waals surface area contributed by atoms with Crippen LogP contribution in [0, 0.1) is 12.8 Å². The highest BCUT2D eigenvalue weighted by Gasteiger charge is 2.22. The summed E-state index contributed by atoms with van der Waals surface area (Å²) in [7, 11) is 1.47. The van der Waals surface area contributed by atoms with Gasteiger partial charge in [0, 0.05) is 12.1 Å². The summed E-state index contributed by atoms with van der Waals surface area (Å²) in [5, 5.41) is 4.67. The number of carbonyl (C=O) groups is 1. The summed E-state index contributed by atoms with van der Waals surface area (Å²) in [6, 6.07) is 4.58. The molecule has 0 saturated carbocycles. The molecule has 1 heterocycles. The van der Waals surface area contributed by atoms with Gasteiger partial charge in [-0.1, -0.05) is 37.0 Å². The maximum Gasteiger partial charge on any atom is 0.313 e. The average Bonchev–Trinajstić information content (AvgIpc) is 2.50. The van der Waals surface area contributed by atoms with Gasteiger partial charge in [-0.15, -0.1) is 0 Å². The number of esters is 1. The number of hydrogen-bond donors (Lipinski definition) is 0. The highest BCUT2D eigenvalue weighted by atomic mass is 35.5. The first-order valence-electron chi connectivity index (χ1n) is 7.13. The molecule has 0 saturated heterocycles. The maximum atomic E-state index is 12.4. The largest absolute Gasteiger partial charge is 0.446 e. The minimum atomic E-state index is -0.557. The molecule has 128 valence electrons. The van der Waals surface area contributed by atoms with E-state index in [0.717, 1.165) is 4.68 Å². The van der Waals surface area contributed by atoms with Crippen molar-refractivity contribution in [2.24, 2.45) is 13.0 Å². The average molecular weight is 371 g/mol. The lowest BCUT2D eigenvalue weighted by molar-refractivity contribution is -0.137. The van der Waals surface area contributed by atoms with E-state index in [4.69, 9.17) is 32.7 Å². The van der Waals surface area contributed by atoms with Gasteiger partial charge in [0.05, 0.1) is 10.9 Å². The zero-order valence-electron chi connectivity index (χ0n) is 13.6. The Kier molecular flexibility index (Phi) is 5.51. The van der Waals surface area contributed by atoms with Gasteiger partial charge in [0.2, 0.25) is 11.5 Å². The number of benzene rings is 1. The molecule has 0 spiro atoms. The summed E-state index contributed by atoms with van der Waals surface area (Å²) in [5.41, 5.74) is -0.218. The Morgan fingerprint density at radius 1 is 1.25 bits per heavy atom. The molecule has 2 aromatic rings. The van der Waals surface area contributed by atoms with Crippen LogP contribution in [0.2, 0.25) is 10.0 Å². The van der Waals surface area contributed by atoms with E-state index < -0.39 is 11.5 Å². The molecule has 0 amide bonds. The first kappa shape index (κ1) is 18.3. The molecule has 0 radical (unpaired) electrons. The maximum absolute atomic E-state index is 12.4. The predicted octanol–water partition coefficient (Wildman–Crippen LogP) is 3.75. The minimum Gasteiger partial charge on any atom is -0.446 e. The Morgan fingerprint density at radius 2 is 1.92 bits per heavy atom. The van der Waals surface area contributed by atoms with E-state index in [1.54, 1.807) is 26.8 Å². The van der Waals surface area contributed by atoms with Gasteiger partial charge in [0.25, 0.3) is 0 Å². The number of nitrogens with zero attached hydrogens (tertiary/aromatic N) is 2. The highest BCUT2D eigenvalue weighted by molar-refractivity contribution is 6.35. The Bertz CT molecular complexity index is 847. The van der Waals surface area contributed by atoms with Crippen LogP contribution in [-0.4, -0.2) is 15.7 Å². The van der Waals surface area contributed by atoms with E-state index in [1.165, 1.54) is 19.2 Å². The van der Waals surface area contributed by atoms with Crippen LogP contribution in [0.3, 0.4) is 0 Å². The van der Waals surface area contributed by atoms with Crippen LogP contribution in [0.25, 0.3) is 0 Å². The zero-order valence-corrected chi connectivity index (χ0v) is 15.1. The Balaban J connectivity index is 2.54. The van der Waals surface area contributed by atoms with E-state index in [2.05, 4.69) is 5.10 Å². The number of ether oxygens (including phenoxy) is 2. The lowest BCUT2D eigenvalue weighted by Crippen LogP contribution is -2.25. The summed E-state index contributed by atoms with van der Waals surface area (Å²) in [6.07, 6.45) is 0. The molecule has 0 aliphatic heterocycles. The fourth-order valence-corrected chi connectivity index (χ4v) is 2.27. The number of carbonyl (C=O) groups excluding carboxylic acids is 1. The van der Waals surface area contributed by atoms with Crippen LogP contribution in [-0.2, 0) is 11.8 Å². The normalized spacial score (nSPS) is 10.8. The minimum absolute atomic E-state index is 0.0252. The molecular weight excluding hydrogens is 355 g/mol. The standard InChI is InChI=1S/C16H16Cl2N2O4/c1-8(2)16(22)24-13-9(3)19-20(4)15(21)14(13)23-12-6-5-10(17)7-11(12)18/h5-8H,1-4H3. The molecule has 1 aromatic heterocycles. The molecule has 0 aliphatic rings. The Morgan fingerprint density at radius 3 is 2.50 bits per heavy atom. The van der Waals surface area contributed by atoms with Crippen molar-refractivity contribution in [3.8, 4) is 17.2 Å². The summed E-state index contributed by atoms with van der Waals surface area (Å²) < 4.78 is 12.0. The summed E-state index contributed by atoms with van der Waals surface area (Å²) in [6.45, 7) is 4.98. The monoisotopic (exact) mass is 370 g/mol. The molecule has 24 heavy (non-hydrogen) atoms. The lowest BCUT2D eigenvalue weighted by atomic mass is 10.2. The van der Waals surface area contributed by atoms with Crippen LogP contribution in [0.1, 0.15) is 19.5 Å². The van der Waals surface area contributed by atoms with Crippen molar-refractivity contribution in [1.29, 1.82) is 0 Å². The molecule has 2 rings (SSSR count). The van der Waals surface area contributed by atoms with Crippen molar-refractivity contribution in [3.63, 3.8) is 0 Å². The van der Waals surface area contributed by atoms with Crippen LogP contribution in [0.15, 0.2) is 23.0 Å². The second-order valence-corrected chi connectivity index (χ2v) is 6.27. The third kappa shape index (κ3) is 3.88. The number of aryl methyl sites for hydroxylation is 2. The molecule has 1 aromatic carbocycles. The van der Waals surface area contributed by atoms with Gasteiger partial charge in [-0.05, 0) is 25.1 Å². The van der Waals surface area contributed by atoms with Gasteiger partial charge < -0.3 is 9.47 Å². The quantitative estimate of drug-likeness (QED) is 0.766. The Labute approximate surface area is 148 Å². The van der Waals surface area contributed by atoms with Crippen LogP contribution in [0.5, 0.6) is 17.2 Å². The number of rotatable bonds is 4. The van der Waals surface area contributed by atoms with Crippen LogP contribution in [0.4, 0.5) is 0 Å². The molecule has 8 heteroatoms. The van der Waals surface area contributed by atoms with Crippen molar-refractivity contribution in [3.05, 3.63) is 44.3 Å². The van der Waals surface area contributed by atoms with E-state index in [0.29, 0.717) is 10.7 Å². The van der Waals surface area contributed by atoms with Crippen molar-refractivity contribution < 1.29 is 14.3 Å². The fourth-order valence-electron chi connectivity index (χ4n) is 1.82. The number of hydrogen-bond acceptors (Lipinski definition) is 5. The zero-order chi connectivity index (χ0) is 18.0. The molecule has 0 atom stereocenters. The van der Waals surface area contributed by atoms with Crippen molar-refractivity contribution in [1.82, 2.24) is 9.78 Å². The van der Waals surface area contributed by atoms with Crippen molar-refractivity contribution in [2.75, 3.05) is 0 Å². The third-order valence-corrected chi connectivity index (χ3v) is 3.63. The molecule has 6 nitrogen and oxygen atoms in total. The van der Waals surface area contributed by atoms with Crippen LogP contribution >= 0.6 is 23.2 Å². The topological polar surface area (TPSA) is 70.4 Å². The molecule has 0 N–H and O–H groups in total. The van der Waals surface area contributed by atoms with Gasteiger partial charge in [-0.25, -0.2) is 4.68 Å². The summed E-state index contributed by atoms with van der Waals surface area (Å²) in [5.74, 6) is -0.850.